The lowest BCUT2D eigenvalue weighted by molar-refractivity contribution is 0.0527. The van der Waals surface area contributed by atoms with Crippen molar-refractivity contribution in [3.05, 3.63) is 22.1 Å². The average Bonchev–Trinajstić information content (AvgIpc) is 3.01. The number of amides is 1. The molecule has 7 heteroatoms. The molecule has 0 aromatic carbocycles. The lowest BCUT2D eigenvalue weighted by atomic mass is 10.2. The Labute approximate surface area is 133 Å². The molecule has 0 radical (unpaired) electrons. The van der Waals surface area contributed by atoms with Crippen molar-refractivity contribution < 1.29 is 14.1 Å². The van der Waals surface area contributed by atoms with Gasteiger partial charge in [0.05, 0.1) is 10.7 Å². The monoisotopic (exact) mass is 323 g/mol. The van der Waals surface area contributed by atoms with E-state index < -0.39 is 5.60 Å². The van der Waals surface area contributed by atoms with Crippen LogP contribution in [0.2, 0.25) is 0 Å². The maximum atomic E-state index is 11.5. The Morgan fingerprint density at radius 3 is 2.86 bits per heavy atom. The van der Waals surface area contributed by atoms with Gasteiger partial charge < -0.3 is 14.6 Å². The van der Waals surface area contributed by atoms with Crippen LogP contribution in [0.3, 0.4) is 0 Å². The van der Waals surface area contributed by atoms with E-state index in [1.54, 1.807) is 11.3 Å². The standard InChI is InChI=1S/C15H21N3O3S/c1-10-8-12(21-18-10)11-9-22-13(17-11)6-5-7-16-14(19)20-15(2,3)4/h8-9H,5-7H2,1-4H3,(H,16,19). The van der Waals surface area contributed by atoms with E-state index in [-0.39, 0.29) is 6.09 Å². The van der Waals surface area contributed by atoms with Gasteiger partial charge in [-0.25, -0.2) is 9.78 Å². The number of nitrogens with zero attached hydrogens (tertiary/aromatic N) is 2. The minimum absolute atomic E-state index is 0.385. The molecule has 2 rings (SSSR count). The maximum absolute atomic E-state index is 11.5. The van der Waals surface area contributed by atoms with E-state index in [1.807, 2.05) is 39.1 Å². The number of aryl methyl sites for hydroxylation is 2. The van der Waals surface area contributed by atoms with Crippen molar-refractivity contribution >= 4 is 17.4 Å². The number of hydrogen-bond donors (Lipinski definition) is 1. The molecule has 0 saturated heterocycles. The summed E-state index contributed by atoms with van der Waals surface area (Å²) in [6.07, 6.45) is 1.22. The Balaban J connectivity index is 1.74. The third kappa shape index (κ3) is 5.14. The van der Waals surface area contributed by atoms with Crippen LogP contribution in [0.1, 0.15) is 37.9 Å². The topological polar surface area (TPSA) is 77.2 Å². The van der Waals surface area contributed by atoms with E-state index in [9.17, 15) is 4.79 Å². The molecule has 0 unspecified atom stereocenters. The van der Waals surface area contributed by atoms with Crippen LogP contribution in [0.25, 0.3) is 11.5 Å². The first kappa shape index (κ1) is 16.5. The van der Waals surface area contributed by atoms with Gasteiger partial charge in [0.25, 0.3) is 0 Å². The van der Waals surface area contributed by atoms with Crippen LogP contribution in [0.4, 0.5) is 4.79 Å². The largest absolute Gasteiger partial charge is 0.444 e. The van der Waals surface area contributed by atoms with E-state index in [4.69, 9.17) is 9.26 Å². The first-order valence-corrected chi connectivity index (χ1v) is 8.06. The number of carbonyl (C=O) groups excluding carboxylic acids is 1. The second-order valence-corrected chi connectivity index (χ2v) is 6.93. The number of ether oxygens (including phenoxy) is 1. The van der Waals surface area contributed by atoms with Gasteiger partial charge in [0.15, 0.2) is 5.76 Å². The molecule has 120 valence electrons. The minimum atomic E-state index is -0.469. The minimum Gasteiger partial charge on any atom is -0.444 e. The quantitative estimate of drug-likeness (QED) is 0.851. The van der Waals surface area contributed by atoms with Crippen LogP contribution < -0.4 is 5.32 Å². The zero-order valence-corrected chi connectivity index (χ0v) is 14.1. The predicted molar refractivity (Wildman–Crippen MR) is 84.9 cm³/mol. The summed E-state index contributed by atoms with van der Waals surface area (Å²) in [6, 6.07) is 1.86. The van der Waals surface area contributed by atoms with Crippen LogP contribution in [0.5, 0.6) is 0 Å². The van der Waals surface area contributed by atoms with Crippen LogP contribution in [-0.4, -0.2) is 28.4 Å². The summed E-state index contributed by atoms with van der Waals surface area (Å²) in [7, 11) is 0. The van der Waals surface area contributed by atoms with Gasteiger partial charge in [-0.05, 0) is 34.1 Å². The first-order valence-electron chi connectivity index (χ1n) is 7.18. The zero-order valence-electron chi connectivity index (χ0n) is 13.3. The molecule has 0 fully saturated rings. The van der Waals surface area contributed by atoms with Gasteiger partial charge in [-0.2, -0.15) is 0 Å². The molecule has 0 aliphatic rings. The number of thiazole rings is 1. The number of hydrogen-bond acceptors (Lipinski definition) is 6. The summed E-state index contributed by atoms with van der Waals surface area (Å²) in [5.41, 5.74) is 1.18. The van der Waals surface area contributed by atoms with Crippen molar-refractivity contribution in [3.63, 3.8) is 0 Å². The molecule has 2 aromatic rings. The highest BCUT2D eigenvalue weighted by Crippen LogP contribution is 2.23. The van der Waals surface area contributed by atoms with Crippen LogP contribution in [0.15, 0.2) is 16.0 Å². The van der Waals surface area contributed by atoms with E-state index in [0.717, 1.165) is 29.2 Å². The number of aromatic nitrogens is 2. The molecule has 6 nitrogen and oxygen atoms in total. The maximum Gasteiger partial charge on any atom is 0.407 e. The summed E-state index contributed by atoms with van der Waals surface area (Å²) in [4.78, 5) is 16.0. The molecule has 0 atom stereocenters. The van der Waals surface area contributed by atoms with Gasteiger partial charge >= 0.3 is 6.09 Å². The van der Waals surface area contributed by atoms with Crippen LogP contribution >= 0.6 is 11.3 Å². The molecular formula is C15H21N3O3S. The van der Waals surface area contributed by atoms with Gasteiger partial charge in [0, 0.05) is 24.4 Å². The number of alkyl carbamates (subject to hydrolysis) is 1. The second kappa shape index (κ2) is 6.91. The molecule has 1 amide bonds. The van der Waals surface area contributed by atoms with Crippen molar-refractivity contribution in [3.8, 4) is 11.5 Å². The first-order chi connectivity index (χ1) is 10.3. The third-order valence-corrected chi connectivity index (χ3v) is 3.58. The second-order valence-electron chi connectivity index (χ2n) is 5.99. The highest BCUT2D eigenvalue weighted by atomic mass is 32.1. The highest BCUT2D eigenvalue weighted by molar-refractivity contribution is 7.09. The van der Waals surface area contributed by atoms with Gasteiger partial charge in [-0.15, -0.1) is 11.3 Å². The Kier molecular flexibility index (Phi) is 5.18. The van der Waals surface area contributed by atoms with Crippen molar-refractivity contribution in [1.29, 1.82) is 0 Å². The molecule has 22 heavy (non-hydrogen) atoms. The Morgan fingerprint density at radius 1 is 1.45 bits per heavy atom. The average molecular weight is 323 g/mol. The summed E-state index contributed by atoms with van der Waals surface area (Å²) < 4.78 is 10.4. The van der Waals surface area contributed by atoms with Crippen molar-refractivity contribution in [2.45, 2.75) is 46.1 Å². The lowest BCUT2D eigenvalue weighted by Gasteiger charge is -2.19. The lowest BCUT2D eigenvalue weighted by Crippen LogP contribution is -2.33. The molecule has 2 aromatic heterocycles. The van der Waals surface area contributed by atoms with Gasteiger partial charge in [-0.3, -0.25) is 0 Å². The molecular weight excluding hydrogens is 302 g/mol. The van der Waals surface area contributed by atoms with Gasteiger partial charge in [-0.1, -0.05) is 5.16 Å². The molecule has 0 spiro atoms. The summed E-state index contributed by atoms with van der Waals surface area (Å²) in [6.45, 7) is 7.96. The predicted octanol–water partition coefficient (Wildman–Crippen LogP) is 3.56. The summed E-state index contributed by atoms with van der Waals surface area (Å²) in [5.74, 6) is 0.687. The fraction of sp³-hybridized carbons (Fsp3) is 0.533. The Hall–Kier alpha value is -1.89. The molecule has 0 aliphatic heterocycles. The molecule has 0 aliphatic carbocycles. The fourth-order valence-corrected chi connectivity index (χ4v) is 2.60. The van der Waals surface area contributed by atoms with Crippen molar-refractivity contribution in [2.24, 2.45) is 0 Å². The summed E-state index contributed by atoms with van der Waals surface area (Å²) in [5, 5.41) is 9.56. The molecule has 1 N–H and O–H groups in total. The molecule has 0 bridgehead atoms. The zero-order chi connectivity index (χ0) is 16.2. The van der Waals surface area contributed by atoms with Crippen molar-refractivity contribution in [1.82, 2.24) is 15.5 Å². The Morgan fingerprint density at radius 2 is 2.23 bits per heavy atom. The van der Waals surface area contributed by atoms with Crippen LogP contribution in [-0.2, 0) is 11.2 Å². The van der Waals surface area contributed by atoms with E-state index in [0.29, 0.717) is 12.3 Å². The summed E-state index contributed by atoms with van der Waals surface area (Å²) >= 11 is 1.58. The SMILES string of the molecule is Cc1cc(-c2csc(CCCNC(=O)OC(C)(C)C)n2)on1. The number of carbonyl (C=O) groups is 1. The van der Waals surface area contributed by atoms with Crippen LogP contribution in [0, 0.1) is 6.92 Å². The number of rotatable bonds is 5. The highest BCUT2D eigenvalue weighted by Gasteiger charge is 2.15. The van der Waals surface area contributed by atoms with E-state index >= 15 is 0 Å². The van der Waals surface area contributed by atoms with E-state index in [1.165, 1.54) is 0 Å². The van der Waals surface area contributed by atoms with Gasteiger partial charge in [0.1, 0.15) is 11.3 Å². The van der Waals surface area contributed by atoms with Gasteiger partial charge in [0.2, 0.25) is 0 Å². The fourth-order valence-electron chi connectivity index (χ4n) is 1.77. The Bertz CT molecular complexity index is 628. The van der Waals surface area contributed by atoms with Crippen molar-refractivity contribution in [2.75, 3.05) is 6.54 Å². The molecule has 0 saturated carbocycles. The van der Waals surface area contributed by atoms with E-state index in [2.05, 4.69) is 15.5 Å². The third-order valence-electron chi connectivity index (χ3n) is 2.67. The normalized spacial score (nSPS) is 11.5. The number of nitrogens with one attached hydrogen (secondary N) is 1. The molecule has 2 heterocycles. The smallest absolute Gasteiger partial charge is 0.407 e.